The Hall–Kier alpha value is -1.68. The van der Waals surface area contributed by atoms with Crippen molar-refractivity contribution in [3.63, 3.8) is 0 Å². The molecule has 3 N–H and O–H groups in total. The van der Waals surface area contributed by atoms with E-state index in [1.807, 2.05) is 6.08 Å². The SMILES string of the molecule is Cl.NC(=O)c1ccc2c(c1)ONC=C2. The van der Waals surface area contributed by atoms with Gasteiger partial charge in [0.25, 0.3) is 0 Å². The molecule has 1 aromatic rings. The maximum absolute atomic E-state index is 10.8. The van der Waals surface area contributed by atoms with Crippen LogP contribution in [0.15, 0.2) is 24.4 Å². The predicted octanol–water partition coefficient (Wildman–Crippen LogP) is 1.07. The Morgan fingerprint density at radius 2 is 2.21 bits per heavy atom. The molecule has 1 aliphatic heterocycles. The summed E-state index contributed by atoms with van der Waals surface area (Å²) in [5.74, 6) is 0.153. The van der Waals surface area contributed by atoms with Gasteiger partial charge in [-0.05, 0) is 18.2 Å². The number of halogens is 1. The molecular formula is C9H9ClN2O2. The predicted molar refractivity (Wildman–Crippen MR) is 55.0 cm³/mol. The molecule has 0 unspecified atom stereocenters. The van der Waals surface area contributed by atoms with Crippen LogP contribution in [0, 0.1) is 0 Å². The topological polar surface area (TPSA) is 64.4 Å². The molecule has 0 fully saturated rings. The van der Waals surface area contributed by atoms with Crippen LogP contribution in [0.3, 0.4) is 0 Å². The number of primary amides is 1. The van der Waals surface area contributed by atoms with Crippen LogP contribution in [0.4, 0.5) is 0 Å². The number of rotatable bonds is 1. The number of hydrogen-bond acceptors (Lipinski definition) is 3. The van der Waals surface area contributed by atoms with E-state index in [0.717, 1.165) is 5.56 Å². The van der Waals surface area contributed by atoms with Crippen molar-refractivity contribution in [2.75, 3.05) is 0 Å². The summed E-state index contributed by atoms with van der Waals surface area (Å²) in [6, 6.07) is 5.06. The van der Waals surface area contributed by atoms with Crippen molar-refractivity contribution in [1.29, 1.82) is 0 Å². The zero-order valence-corrected chi connectivity index (χ0v) is 8.01. The minimum absolute atomic E-state index is 0. The van der Waals surface area contributed by atoms with Crippen LogP contribution in [0.2, 0.25) is 0 Å². The van der Waals surface area contributed by atoms with Gasteiger partial charge in [0.15, 0.2) is 5.75 Å². The summed E-state index contributed by atoms with van der Waals surface area (Å²) in [4.78, 5) is 15.9. The molecule has 5 heteroatoms. The van der Waals surface area contributed by atoms with Crippen LogP contribution >= 0.6 is 12.4 Å². The number of hydrogen-bond donors (Lipinski definition) is 2. The number of fused-ring (bicyclic) bond motifs is 1. The molecular weight excluding hydrogens is 204 g/mol. The van der Waals surface area contributed by atoms with Gasteiger partial charge in [-0.25, -0.2) is 5.48 Å². The summed E-state index contributed by atoms with van der Waals surface area (Å²) in [6.07, 6.45) is 3.52. The molecule has 4 nitrogen and oxygen atoms in total. The van der Waals surface area contributed by atoms with Crippen LogP contribution in [-0.2, 0) is 0 Å². The number of carbonyl (C=O) groups is 1. The Morgan fingerprint density at radius 1 is 1.43 bits per heavy atom. The largest absolute Gasteiger partial charge is 0.382 e. The zero-order chi connectivity index (χ0) is 9.26. The van der Waals surface area contributed by atoms with E-state index in [2.05, 4.69) is 5.48 Å². The second-order valence-corrected chi connectivity index (χ2v) is 2.67. The van der Waals surface area contributed by atoms with Gasteiger partial charge in [-0.2, -0.15) is 0 Å². The lowest BCUT2D eigenvalue weighted by molar-refractivity contribution is 0.0999. The Labute approximate surface area is 87.1 Å². The summed E-state index contributed by atoms with van der Waals surface area (Å²) in [5.41, 5.74) is 9.05. The fourth-order valence-corrected chi connectivity index (χ4v) is 1.14. The van der Waals surface area contributed by atoms with Gasteiger partial charge in [0.2, 0.25) is 5.91 Å². The highest BCUT2D eigenvalue weighted by molar-refractivity contribution is 5.93. The lowest BCUT2D eigenvalue weighted by atomic mass is 10.1. The minimum Gasteiger partial charge on any atom is -0.382 e. The molecule has 0 aromatic heterocycles. The Balaban J connectivity index is 0.000000980. The molecule has 1 aromatic carbocycles. The number of carbonyl (C=O) groups excluding carboxylic acids is 1. The van der Waals surface area contributed by atoms with Crippen molar-refractivity contribution < 1.29 is 9.63 Å². The molecule has 0 saturated heterocycles. The van der Waals surface area contributed by atoms with Gasteiger partial charge in [-0.15, -0.1) is 12.4 Å². The molecule has 1 amide bonds. The summed E-state index contributed by atoms with van der Waals surface area (Å²) < 4.78 is 0. The Kier molecular flexibility index (Phi) is 2.99. The fourth-order valence-electron chi connectivity index (χ4n) is 1.14. The van der Waals surface area contributed by atoms with E-state index in [-0.39, 0.29) is 12.4 Å². The molecule has 0 bridgehead atoms. The molecule has 1 aliphatic rings. The first kappa shape index (κ1) is 10.4. The van der Waals surface area contributed by atoms with E-state index in [1.165, 1.54) is 0 Å². The van der Waals surface area contributed by atoms with Crippen molar-refractivity contribution >= 4 is 24.4 Å². The average Bonchev–Trinajstić information content (AvgIpc) is 2.17. The van der Waals surface area contributed by atoms with Crippen molar-refractivity contribution in [3.8, 4) is 5.75 Å². The molecule has 74 valence electrons. The van der Waals surface area contributed by atoms with E-state index in [4.69, 9.17) is 10.6 Å². The molecule has 2 rings (SSSR count). The highest BCUT2D eigenvalue weighted by Gasteiger charge is 2.08. The molecule has 14 heavy (non-hydrogen) atoms. The third kappa shape index (κ3) is 1.80. The quantitative estimate of drug-likeness (QED) is 0.732. The zero-order valence-electron chi connectivity index (χ0n) is 7.19. The first-order valence-corrected chi connectivity index (χ1v) is 3.80. The second-order valence-electron chi connectivity index (χ2n) is 2.67. The van der Waals surface area contributed by atoms with Gasteiger partial charge in [0.05, 0.1) is 0 Å². The fraction of sp³-hybridized carbons (Fsp3) is 0. The van der Waals surface area contributed by atoms with Crippen molar-refractivity contribution in [2.45, 2.75) is 0 Å². The van der Waals surface area contributed by atoms with Gasteiger partial charge in [0, 0.05) is 17.3 Å². The number of amides is 1. The third-order valence-corrected chi connectivity index (χ3v) is 1.80. The monoisotopic (exact) mass is 212 g/mol. The van der Waals surface area contributed by atoms with E-state index in [0.29, 0.717) is 11.3 Å². The van der Waals surface area contributed by atoms with E-state index in [9.17, 15) is 4.79 Å². The summed E-state index contributed by atoms with van der Waals surface area (Å²) in [5, 5.41) is 0. The Morgan fingerprint density at radius 3 is 2.93 bits per heavy atom. The van der Waals surface area contributed by atoms with Gasteiger partial charge >= 0.3 is 0 Å². The van der Waals surface area contributed by atoms with E-state index < -0.39 is 5.91 Å². The summed E-state index contributed by atoms with van der Waals surface area (Å²) >= 11 is 0. The summed E-state index contributed by atoms with van der Waals surface area (Å²) in [7, 11) is 0. The van der Waals surface area contributed by atoms with Gasteiger partial charge in [0.1, 0.15) is 0 Å². The van der Waals surface area contributed by atoms with Crippen molar-refractivity contribution in [3.05, 3.63) is 35.5 Å². The summed E-state index contributed by atoms with van der Waals surface area (Å²) in [6.45, 7) is 0. The maximum Gasteiger partial charge on any atom is 0.248 e. The molecule has 0 radical (unpaired) electrons. The van der Waals surface area contributed by atoms with Crippen LogP contribution in [0.5, 0.6) is 5.75 Å². The first-order valence-electron chi connectivity index (χ1n) is 3.80. The standard InChI is InChI=1S/C9H8N2O2.ClH/c10-9(12)7-2-1-6-3-4-11-13-8(6)5-7;/h1-5,11H,(H2,10,12);1H. The molecule has 0 saturated carbocycles. The van der Waals surface area contributed by atoms with E-state index >= 15 is 0 Å². The highest BCUT2D eigenvalue weighted by atomic mass is 35.5. The normalized spacial score (nSPS) is 11.7. The molecule has 0 aliphatic carbocycles. The van der Waals surface area contributed by atoms with Crippen molar-refractivity contribution in [2.24, 2.45) is 5.73 Å². The highest BCUT2D eigenvalue weighted by Crippen LogP contribution is 2.22. The second kappa shape index (κ2) is 4.02. The minimum atomic E-state index is -0.457. The average molecular weight is 213 g/mol. The lowest BCUT2D eigenvalue weighted by Crippen LogP contribution is -2.16. The number of benzene rings is 1. The third-order valence-electron chi connectivity index (χ3n) is 1.80. The molecule has 0 spiro atoms. The van der Waals surface area contributed by atoms with Crippen LogP contribution < -0.4 is 16.1 Å². The lowest BCUT2D eigenvalue weighted by Gasteiger charge is -2.12. The van der Waals surface area contributed by atoms with Crippen LogP contribution in [-0.4, -0.2) is 5.91 Å². The number of hydroxylamine groups is 1. The van der Waals surface area contributed by atoms with Gasteiger partial charge < -0.3 is 10.6 Å². The van der Waals surface area contributed by atoms with Gasteiger partial charge in [-0.3, -0.25) is 4.79 Å². The number of nitrogens with two attached hydrogens (primary N) is 1. The first-order chi connectivity index (χ1) is 6.27. The maximum atomic E-state index is 10.8. The number of nitrogens with one attached hydrogen (secondary N) is 1. The van der Waals surface area contributed by atoms with Crippen molar-refractivity contribution in [1.82, 2.24) is 5.48 Å². The molecule has 0 atom stereocenters. The Bertz CT molecular complexity index is 390. The smallest absolute Gasteiger partial charge is 0.248 e. The van der Waals surface area contributed by atoms with Gasteiger partial charge in [-0.1, -0.05) is 6.07 Å². The van der Waals surface area contributed by atoms with Crippen LogP contribution in [0.25, 0.3) is 6.08 Å². The molecule has 1 heterocycles. The van der Waals surface area contributed by atoms with E-state index in [1.54, 1.807) is 24.4 Å². The van der Waals surface area contributed by atoms with Crippen LogP contribution in [0.1, 0.15) is 15.9 Å².